The molecule has 0 bridgehead atoms. The average Bonchev–Trinajstić information content (AvgIpc) is 3.18. The number of likely N-dealkylation sites (tertiary alicyclic amines) is 1. The van der Waals surface area contributed by atoms with Crippen molar-refractivity contribution in [2.24, 2.45) is 0 Å². The number of hydrogen-bond acceptors (Lipinski definition) is 5. The van der Waals surface area contributed by atoms with Crippen molar-refractivity contribution in [1.82, 2.24) is 25.1 Å². The third-order valence-electron chi connectivity index (χ3n) is 4.53. The van der Waals surface area contributed by atoms with Crippen LogP contribution in [0.5, 0.6) is 5.75 Å². The summed E-state index contributed by atoms with van der Waals surface area (Å²) >= 11 is 0. The molecule has 2 heterocycles. The minimum atomic E-state index is -0.531. The van der Waals surface area contributed by atoms with Crippen LogP contribution in [0, 0.1) is 5.82 Å². The summed E-state index contributed by atoms with van der Waals surface area (Å²) in [5.74, 6) is -0.284. The highest BCUT2D eigenvalue weighted by molar-refractivity contribution is 5.81. The largest absolute Gasteiger partial charge is 0.484 e. The van der Waals surface area contributed by atoms with E-state index in [1.54, 1.807) is 23.1 Å². The molecule has 0 saturated carbocycles. The van der Waals surface area contributed by atoms with Crippen LogP contribution >= 0.6 is 0 Å². The highest BCUT2D eigenvalue weighted by Gasteiger charge is 2.37. The van der Waals surface area contributed by atoms with Gasteiger partial charge in [0.2, 0.25) is 5.91 Å². The van der Waals surface area contributed by atoms with Gasteiger partial charge in [0.15, 0.2) is 11.6 Å². The van der Waals surface area contributed by atoms with Gasteiger partial charge in [-0.1, -0.05) is 42.5 Å². The number of amides is 1. The molecular weight excluding hydrogens is 349 g/mol. The van der Waals surface area contributed by atoms with Crippen LogP contribution in [0.25, 0.3) is 0 Å². The van der Waals surface area contributed by atoms with Crippen LogP contribution in [0.15, 0.2) is 60.9 Å². The average molecular weight is 367 g/mol. The number of halogens is 1. The molecule has 1 aliphatic rings. The molecule has 4 rings (SSSR count). The summed E-state index contributed by atoms with van der Waals surface area (Å²) in [6.45, 7) is 0.807. The van der Waals surface area contributed by atoms with Gasteiger partial charge in [-0.3, -0.25) is 4.79 Å². The first kappa shape index (κ1) is 17.1. The molecule has 0 radical (unpaired) electrons. The fourth-order valence-corrected chi connectivity index (χ4v) is 3.07. The molecule has 1 aromatic heterocycles. The van der Waals surface area contributed by atoms with E-state index in [2.05, 4.69) is 15.5 Å². The lowest BCUT2D eigenvalue weighted by molar-refractivity contribution is -0.144. The van der Waals surface area contributed by atoms with Gasteiger partial charge in [-0.2, -0.15) is 0 Å². The monoisotopic (exact) mass is 367 g/mol. The first-order chi connectivity index (χ1) is 13.2. The number of carbonyl (C=O) groups is 1. The van der Waals surface area contributed by atoms with Gasteiger partial charge in [0.05, 0.1) is 13.1 Å². The van der Waals surface area contributed by atoms with Crippen molar-refractivity contribution < 1.29 is 13.9 Å². The van der Waals surface area contributed by atoms with Crippen molar-refractivity contribution in [3.05, 3.63) is 72.3 Å². The molecule has 1 amide bonds. The summed E-state index contributed by atoms with van der Waals surface area (Å²) in [4.78, 5) is 14.7. The van der Waals surface area contributed by atoms with Crippen LogP contribution in [0.4, 0.5) is 4.39 Å². The predicted octanol–water partition coefficient (Wildman–Crippen LogP) is 1.89. The van der Waals surface area contributed by atoms with E-state index in [0.29, 0.717) is 19.5 Å². The molecule has 1 aliphatic heterocycles. The fraction of sp³-hybridized carbons (Fsp3) is 0.263. The predicted molar refractivity (Wildman–Crippen MR) is 94.4 cm³/mol. The third-order valence-corrected chi connectivity index (χ3v) is 4.53. The van der Waals surface area contributed by atoms with E-state index >= 15 is 0 Å². The molecule has 3 aromatic rings. The maximum absolute atomic E-state index is 13.7. The van der Waals surface area contributed by atoms with E-state index < -0.39 is 11.9 Å². The van der Waals surface area contributed by atoms with Gasteiger partial charge in [0, 0.05) is 6.42 Å². The Hall–Kier alpha value is -3.29. The number of tetrazole rings is 1. The Morgan fingerprint density at radius 2 is 1.89 bits per heavy atom. The Morgan fingerprint density at radius 3 is 2.59 bits per heavy atom. The topological polar surface area (TPSA) is 73.1 Å². The Kier molecular flexibility index (Phi) is 4.78. The molecule has 138 valence electrons. The molecule has 0 N–H and O–H groups in total. The number of carbonyl (C=O) groups excluding carboxylic acids is 1. The number of para-hydroxylation sites is 1. The van der Waals surface area contributed by atoms with Gasteiger partial charge in [0.1, 0.15) is 18.5 Å². The van der Waals surface area contributed by atoms with Crippen LogP contribution in [-0.2, 0) is 11.2 Å². The summed E-state index contributed by atoms with van der Waals surface area (Å²) in [6, 6.07) is 15.4. The first-order valence-electron chi connectivity index (χ1n) is 8.67. The van der Waals surface area contributed by atoms with E-state index in [1.807, 2.05) is 30.3 Å². The third kappa shape index (κ3) is 3.79. The van der Waals surface area contributed by atoms with Crippen LogP contribution < -0.4 is 4.74 Å². The minimum absolute atomic E-state index is 0.0838. The zero-order chi connectivity index (χ0) is 18.6. The van der Waals surface area contributed by atoms with Gasteiger partial charge < -0.3 is 9.64 Å². The normalized spacial score (nSPS) is 15.2. The van der Waals surface area contributed by atoms with Crippen LogP contribution in [-0.4, -0.2) is 50.2 Å². The van der Waals surface area contributed by atoms with Crippen molar-refractivity contribution in [2.75, 3.05) is 13.1 Å². The second kappa shape index (κ2) is 7.53. The fourth-order valence-electron chi connectivity index (χ4n) is 3.07. The Labute approximate surface area is 155 Å². The van der Waals surface area contributed by atoms with Crippen LogP contribution in [0.2, 0.25) is 0 Å². The van der Waals surface area contributed by atoms with E-state index in [9.17, 15) is 9.18 Å². The lowest BCUT2D eigenvalue weighted by atomic mass is 10.0. The molecule has 1 fully saturated rings. The minimum Gasteiger partial charge on any atom is -0.484 e. The molecular formula is C19H18FN5O2. The maximum atomic E-state index is 13.7. The Balaban J connectivity index is 1.42. The molecule has 0 spiro atoms. The van der Waals surface area contributed by atoms with Crippen molar-refractivity contribution in [3.8, 4) is 5.75 Å². The first-order valence-corrected chi connectivity index (χ1v) is 8.67. The number of nitrogens with zero attached hydrogens (tertiary/aromatic N) is 5. The van der Waals surface area contributed by atoms with Gasteiger partial charge in [-0.05, 0) is 28.1 Å². The second-order valence-electron chi connectivity index (χ2n) is 6.41. The lowest BCUT2D eigenvalue weighted by Crippen LogP contribution is -2.58. The standard InChI is InChI=1S/C19H18FN5O2/c20-16-8-4-5-9-18(16)27-15-11-24(12-15)19(26)17(25-13-21-22-23-25)10-14-6-2-1-3-7-14/h1-9,13,15,17H,10-12H2. The molecule has 0 aliphatic carbocycles. The number of aromatic nitrogens is 4. The number of benzene rings is 2. The summed E-state index contributed by atoms with van der Waals surface area (Å²) in [5, 5.41) is 11.2. The Bertz CT molecular complexity index is 897. The summed E-state index contributed by atoms with van der Waals surface area (Å²) < 4.78 is 20.8. The van der Waals surface area contributed by atoms with Crippen molar-refractivity contribution in [3.63, 3.8) is 0 Å². The van der Waals surface area contributed by atoms with Crippen molar-refractivity contribution >= 4 is 5.91 Å². The molecule has 1 atom stereocenters. The molecule has 2 aromatic carbocycles. The summed E-state index contributed by atoms with van der Waals surface area (Å²) in [7, 11) is 0. The van der Waals surface area contributed by atoms with Gasteiger partial charge in [-0.25, -0.2) is 9.07 Å². The van der Waals surface area contributed by atoms with Crippen molar-refractivity contribution in [1.29, 1.82) is 0 Å². The second-order valence-corrected chi connectivity index (χ2v) is 6.41. The SMILES string of the molecule is O=C(C(Cc1ccccc1)n1cnnn1)N1CC(Oc2ccccc2F)C1. The number of rotatable bonds is 6. The molecule has 7 nitrogen and oxygen atoms in total. The van der Waals surface area contributed by atoms with E-state index in [4.69, 9.17) is 4.74 Å². The Morgan fingerprint density at radius 1 is 1.15 bits per heavy atom. The number of ether oxygens (including phenoxy) is 1. The van der Waals surface area contributed by atoms with Gasteiger partial charge >= 0.3 is 0 Å². The molecule has 1 saturated heterocycles. The van der Waals surface area contributed by atoms with Gasteiger partial charge in [0.25, 0.3) is 0 Å². The maximum Gasteiger partial charge on any atom is 0.248 e. The smallest absolute Gasteiger partial charge is 0.248 e. The summed E-state index contributed by atoms with van der Waals surface area (Å²) in [5.41, 5.74) is 1.02. The summed E-state index contributed by atoms with van der Waals surface area (Å²) in [6.07, 6.45) is 1.70. The van der Waals surface area contributed by atoms with E-state index in [0.717, 1.165) is 5.56 Å². The molecule has 27 heavy (non-hydrogen) atoms. The van der Waals surface area contributed by atoms with Crippen molar-refractivity contribution in [2.45, 2.75) is 18.6 Å². The zero-order valence-electron chi connectivity index (χ0n) is 14.5. The molecule has 1 unspecified atom stereocenters. The quantitative estimate of drug-likeness (QED) is 0.665. The molecule has 8 heteroatoms. The van der Waals surface area contributed by atoms with Crippen LogP contribution in [0.1, 0.15) is 11.6 Å². The zero-order valence-corrected chi connectivity index (χ0v) is 14.5. The highest BCUT2D eigenvalue weighted by Crippen LogP contribution is 2.24. The van der Waals surface area contributed by atoms with E-state index in [-0.39, 0.29) is 17.8 Å². The van der Waals surface area contributed by atoms with Gasteiger partial charge in [-0.15, -0.1) is 5.10 Å². The van der Waals surface area contributed by atoms with E-state index in [1.165, 1.54) is 17.1 Å². The highest BCUT2D eigenvalue weighted by atomic mass is 19.1. The lowest BCUT2D eigenvalue weighted by Gasteiger charge is -2.40. The number of hydrogen-bond donors (Lipinski definition) is 0. The van der Waals surface area contributed by atoms with Crippen LogP contribution in [0.3, 0.4) is 0 Å².